The van der Waals surface area contributed by atoms with E-state index in [0.29, 0.717) is 24.3 Å². The van der Waals surface area contributed by atoms with Gasteiger partial charge < -0.3 is 19.2 Å². The van der Waals surface area contributed by atoms with Gasteiger partial charge in [-0.1, -0.05) is 24.3 Å². The molecular weight excluding hydrogens is 344 g/mol. The number of furan rings is 1. The number of halogens is 2. The van der Waals surface area contributed by atoms with Crippen molar-refractivity contribution < 1.29 is 27.5 Å². The Hall–Kier alpha value is -3.09. The molecule has 1 heterocycles. The van der Waals surface area contributed by atoms with Gasteiger partial charge in [-0.15, -0.1) is 0 Å². The summed E-state index contributed by atoms with van der Waals surface area (Å²) in [4.78, 5) is 12.2. The largest absolute Gasteiger partial charge is 0.493 e. The van der Waals surface area contributed by atoms with Crippen LogP contribution in [0.2, 0.25) is 0 Å². The first-order valence-corrected chi connectivity index (χ1v) is 7.95. The second-order valence-corrected chi connectivity index (χ2v) is 5.52. The lowest BCUT2D eigenvalue weighted by molar-refractivity contribution is -0.0498. The van der Waals surface area contributed by atoms with E-state index >= 15 is 0 Å². The Morgan fingerprint density at radius 3 is 2.65 bits per heavy atom. The molecule has 1 aromatic heterocycles. The predicted molar refractivity (Wildman–Crippen MR) is 91.9 cm³/mol. The van der Waals surface area contributed by atoms with Gasteiger partial charge >= 0.3 is 6.61 Å². The van der Waals surface area contributed by atoms with Crippen LogP contribution in [-0.4, -0.2) is 26.2 Å². The topological polar surface area (TPSA) is 60.7 Å². The average Bonchev–Trinajstić information content (AvgIpc) is 3.07. The summed E-state index contributed by atoms with van der Waals surface area (Å²) >= 11 is 0. The number of ether oxygens (including phenoxy) is 2. The number of nitrogens with one attached hydrogen (secondary N) is 1. The third-order valence-corrected chi connectivity index (χ3v) is 3.80. The lowest BCUT2D eigenvalue weighted by Gasteiger charge is -2.06. The molecule has 0 aliphatic heterocycles. The minimum Gasteiger partial charge on any atom is -0.493 e. The molecule has 2 aromatic carbocycles. The fourth-order valence-corrected chi connectivity index (χ4v) is 2.55. The molecule has 0 radical (unpaired) electrons. The van der Waals surface area contributed by atoms with Crippen molar-refractivity contribution >= 4 is 16.9 Å². The van der Waals surface area contributed by atoms with Crippen molar-refractivity contribution in [2.24, 2.45) is 0 Å². The van der Waals surface area contributed by atoms with Crippen LogP contribution in [0.1, 0.15) is 16.1 Å². The number of hydrogen-bond donors (Lipinski definition) is 1. The summed E-state index contributed by atoms with van der Waals surface area (Å²) in [6.07, 6.45) is 0.546. The number of benzene rings is 2. The van der Waals surface area contributed by atoms with Crippen molar-refractivity contribution in [1.29, 1.82) is 0 Å². The number of methoxy groups -OCH3 is 1. The molecule has 0 spiro atoms. The zero-order valence-electron chi connectivity index (χ0n) is 14.0. The first-order chi connectivity index (χ1) is 12.6. The van der Waals surface area contributed by atoms with Crippen LogP contribution in [0.15, 0.2) is 52.9 Å². The molecule has 0 bridgehead atoms. The van der Waals surface area contributed by atoms with Gasteiger partial charge in [0.25, 0.3) is 5.91 Å². The van der Waals surface area contributed by atoms with Crippen molar-refractivity contribution in [3.8, 4) is 11.5 Å². The van der Waals surface area contributed by atoms with E-state index in [-0.39, 0.29) is 17.4 Å². The van der Waals surface area contributed by atoms with Crippen molar-refractivity contribution in [3.05, 3.63) is 59.9 Å². The van der Waals surface area contributed by atoms with Gasteiger partial charge in [0.05, 0.1) is 7.11 Å². The van der Waals surface area contributed by atoms with Crippen LogP contribution in [0.25, 0.3) is 11.0 Å². The Balaban J connectivity index is 1.57. The maximum atomic E-state index is 12.2. The minimum atomic E-state index is -2.84. The second-order valence-electron chi connectivity index (χ2n) is 5.52. The predicted octanol–water partition coefficient (Wildman–Crippen LogP) is 4.02. The fraction of sp³-hybridized carbons (Fsp3) is 0.211. The van der Waals surface area contributed by atoms with Crippen LogP contribution in [0.4, 0.5) is 8.78 Å². The number of amides is 1. The molecule has 0 unspecified atom stereocenters. The van der Waals surface area contributed by atoms with Crippen molar-refractivity contribution in [1.82, 2.24) is 5.32 Å². The molecule has 0 aliphatic carbocycles. The smallest absolute Gasteiger partial charge is 0.387 e. The lowest BCUT2D eigenvalue weighted by atomic mass is 10.1. The molecule has 7 heteroatoms. The van der Waals surface area contributed by atoms with Crippen molar-refractivity contribution in [3.63, 3.8) is 0 Å². The summed E-state index contributed by atoms with van der Waals surface area (Å²) in [5.74, 6) is 0.530. The first kappa shape index (κ1) is 17.7. The second kappa shape index (κ2) is 7.86. The first-order valence-electron chi connectivity index (χ1n) is 7.95. The molecule has 0 saturated heterocycles. The third-order valence-electron chi connectivity index (χ3n) is 3.80. The highest BCUT2D eigenvalue weighted by Crippen LogP contribution is 2.28. The zero-order valence-corrected chi connectivity index (χ0v) is 14.0. The average molecular weight is 361 g/mol. The van der Waals surface area contributed by atoms with Crippen LogP contribution in [0.5, 0.6) is 11.5 Å². The number of alkyl halides is 2. The van der Waals surface area contributed by atoms with E-state index in [4.69, 9.17) is 9.15 Å². The summed E-state index contributed by atoms with van der Waals surface area (Å²) in [5.41, 5.74) is 1.41. The molecule has 0 fully saturated rings. The summed E-state index contributed by atoms with van der Waals surface area (Å²) in [5, 5.41) is 3.55. The molecule has 26 heavy (non-hydrogen) atoms. The SMILES string of the molecule is COc1cccc2cc(C(=O)NCCc3ccc(OC(F)F)cc3)oc12. The number of carbonyl (C=O) groups is 1. The van der Waals surface area contributed by atoms with E-state index in [0.717, 1.165) is 10.9 Å². The maximum absolute atomic E-state index is 12.2. The Bertz CT molecular complexity index is 890. The lowest BCUT2D eigenvalue weighted by Crippen LogP contribution is -2.25. The van der Waals surface area contributed by atoms with Crippen LogP contribution in [0.3, 0.4) is 0 Å². The standard InChI is InChI=1S/C19H17F2NO4/c1-24-15-4-2-3-13-11-16(26-17(13)15)18(23)22-10-9-12-5-7-14(8-6-12)25-19(20)21/h2-8,11,19H,9-10H2,1H3,(H,22,23). The van der Waals surface area contributed by atoms with Gasteiger partial charge in [-0.05, 0) is 36.2 Å². The molecule has 0 saturated carbocycles. The molecule has 136 valence electrons. The van der Waals surface area contributed by atoms with E-state index in [2.05, 4.69) is 10.1 Å². The molecule has 1 N–H and O–H groups in total. The highest BCUT2D eigenvalue weighted by Gasteiger charge is 2.14. The minimum absolute atomic E-state index is 0.101. The van der Waals surface area contributed by atoms with Gasteiger partial charge in [0, 0.05) is 11.9 Å². The van der Waals surface area contributed by atoms with Crippen LogP contribution in [0, 0.1) is 0 Å². The van der Waals surface area contributed by atoms with Crippen LogP contribution in [-0.2, 0) is 6.42 Å². The van der Waals surface area contributed by atoms with Crippen LogP contribution < -0.4 is 14.8 Å². The van der Waals surface area contributed by atoms with Gasteiger partial charge in [0.2, 0.25) is 0 Å². The monoisotopic (exact) mass is 361 g/mol. The molecule has 0 atom stereocenters. The van der Waals surface area contributed by atoms with E-state index in [9.17, 15) is 13.6 Å². The van der Waals surface area contributed by atoms with E-state index in [1.165, 1.54) is 19.2 Å². The van der Waals surface area contributed by atoms with Crippen molar-refractivity contribution in [2.75, 3.05) is 13.7 Å². The highest BCUT2D eigenvalue weighted by atomic mass is 19.3. The molecule has 3 rings (SSSR count). The normalized spacial score (nSPS) is 10.9. The van der Waals surface area contributed by atoms with Gasteiger partial charge in [-0.3, -0.25) is 4.79 Å². The Morgan fingerprint density at radius 1 is 1.19 bits per heavy atom. The van der Waals surface area contributed by atoms with Gasteiger partial charge in [-0.2, -0.15) is 8.78 Å². The zero-order chi connectivity index (χ0) is 18.5. The van der Waals surface area contributed by atoms with E-state index in [1.807, 2.05) is 12.1 Å². The Morgan fingerprint density at radius 2 is 1.96 bits per heavy atom. The van der Waals surface area contributed by atoms with Gasteiger partial charge in [-0.25, -0.2) is 0 Å². The van der Waals surface area contributed by atoms with Crippen molar-refractivity contribution in [2.45, 2.75) is 13.0 Å². The maximum Gasteiger partial charge on any atom is 0.387 e. The number of carbonyl (C=O) groups excluding carboxylic acids is 1. The van der Waals surface area contributed by atoms with E-state index in [1.54, 1.807) is 24.3 Å². The number of fused-ring (bicyclic) bond motifs is 1. The number of rotatable bonds is 7. The van der Waals surface area contributed by atoms with Gasteiger partial charge in [0.1, 0.15) is 5.75 Å². The summed E-state index contributed by atoms with van der Waals surface area (Å²) in [7, 11) is 1.54. The summed E-state index contributed by atoms with van der Waals surface area (Å²) in [6, 6.07) is 13.4. The fourth-order valence-electron chi connectivity index (χ4n) is 2.55. The summed E-state index contributed by atoms with van der Waals surface area (Å²) < 4.78 is 39.3. The third kappa shape index (κ3) is 4.11. The Labute approximate surface area is 148 Å². The summed E-state index contributed by atoms with van der Waals surface area (Å²) in [6.45, 7) is -2.47. The Kier molecular flexibility index (Phi) is 5.36. The highest BCUT2D eigenvalue weighted by molar-refractivity contribution is 5.97. The number of para-hydroxylation sites is 1. The quantitative estimate of drug-likeness (QED) is 0.691. The van der Waals surface area contributed by atoms with Crippen LogP contribution >= 0.6 is 0 Å². The molecule has 0 aliphatic rings. The van der Waals surface area contributed by atoms with Gasteiger partial charge in [0.15, 0.2) is 17.1 Å². The number of hydrogen-bond acceptors (Lipinski definition) is 4. The molecule has 5 nitrogen and oxygen atoms in total. The molecule has 3 aromatic rings. The molecular formula is C19H17F2NO4. The molecule has 1 amide bonds. The van der Waals surface area contributed by atoms with E-state index < -0.39 is 6.61 Å².